The van der Waals surface area contributed by atoms with Gasteiger partial charge in [0.15, 0.2) is 0 Å². The predicted molar refractivity (Wildman–Crippen MR) is 81.6 cm³/mol. The normalized spacial score (nSPS) is 15.9. The summed E-state index contributed by atoms with van der Waals surface area (Å²) in [5.74, 6) is -1.19. The number of aliphatic hydroxyl groups is 1. The Hall–Kier alpha value is -1.64. The molecule has 0 spiro atoms. The number of rotatable bonds is 7. The van der Waals surface area contributed by atoms with Gasteiger partial charge in [0.2, 0.25) is 10.0 Å². The molecule has 1 aromatic carbocycles. The van der Waals surface area contributed by atoms with E-state index >= 15 is 0 Å². The summed E-state index contributed by atoms with van der Waals surface area (Å²) in [5, 5.41) is 21.0. The topological polar surface area (TPSA) is 116 Å². The number of nitrogens with one attached hydrogen (secondary N) is 2. The van der Waals surface area contributed by atoms with Crippen LogP contribution in [0.2, 0.25) is 0 Å². The molecule has 7 nitrogen and oxygen atoms in total. The Bertz CT molecular complexity index is 639. The number of sulfonamides is 1. The quantitative estimate of drug-likeness (QED) is 0.594. The van der Waals surface area contributed by atoms with Crippen molar-refractivity contribution in [3.63, 3.8) is 0 Å². The van der Waals surface area contributed by atoms with Crippen molar-refractivity contribution in [1.29, 1.82) is 0 Å². The molecule has 0 aromatic heterocycles. The second-order valence-corrected chi connectivity index (χ2v) is 7.00. The number of hydrogen-bond acceptors (Lipinski definition) is 5. The number of carbonyl (C=O) groups is 1. The van der Waals surface area contributed by atoms with E-state index in [-0.39, 0.29) is 29.7 Å². The molecule has 0 radical (unpaired) electrons. The number of benzene rings is 1. The molecule has 0 amide bonds. The third-order valence-corrected chi connectivity index (χ3v) is 5.14. The van der Waals surface area contributed by atoms with Gasteiger partial charge >= 0.3 is 5.97 Å². The van der Waals surface area contributed by atoms with E-state index in [4.69, 9.17) is 10.2 Å². The monoisotopic (exact) mass is 328 g/mol. The van der Waals surface area contributed by atoms with Crippen LogP contribution in [0.25, 0.3) is 0 Å². The molecule has 0 unspecified atom stereocenters. The number of hydrogen-bond donors (Lipinski definition) is 4. The lowest BCUT2D eigenvalue weighted by Crippen LogP contribution is -2.28. The lowest BCUT2D eigenvalue weighted by atomic mass is 10.2. The standard InChI is InChI=1S/C14H20N2O5S/c17-8-7-15-22(20,21)13-9-10(14(18)19)5-6-12(13)16-11-3-1-2-4-11/h5-6,9,11,15-17H,1-4,7-8H2,(H,18,19). The van der Waals surface area contributed by atoms with Crippen molar-refractivity contribution in [3.05, 3.63) is 23.8 Å². The van der Waals surface area contributed by atoms with Gasteiger partial charge in [-0.25, -0.2) is 17.9 Å². The van der Waals surface area contributed by atoms with Crippen LogP contribution in [0.3, 0.4) is 0 Å². The molecule has 1 fully saturated rings. The first-order valence-electron chi connectivity index (χ1n) is 7.18. The van der Waals surface area contributed by atoms with Gasteiger partial charge in [-0.3, -0.25) is 0 Å². The minimum atomic E-state index is -3.89. The summed E-state index contributed by atoms with van der Waals surface area (Å²) >= 11 is 0. The number of carboxylic acid groups (broad SMARTS) is 1. The second-order valence-electron chi connectivity index (χ2n) is 5.26. The highest BCUT2D eigenvalue weighted by Gasteiger charge is 2.23. The van der Waals surface area contributed by atoms with Crippen LogP contribution in [0.15, 0.2) is 23.1 Å². The highest BCUT2D eigenvalue weighted by Crippen LogP contribution is 2.28. The molecule has 4 N–H and O–H groups in total. The fourth-order valence-electron chi connectivity index (χ4n) is 2.54. The molecule has 0 saturated heterocycles. The van der Waals surface area contributed by atoms with Crippen molar-refractivity contribution in [2.75, 3.05) is 18.5 Å². The fraction of sp³-hybridized carbons (Fsp3) is 0.500. The van der Waals surface area contributed by atoms with E-state index in [2.05, 4.69) is 10.0 Å². The third kappa shape index (κ3) is 3.96. The number of anilines is 1. The van der Waals surface area contributed by atoms with E-state index in [9.17, 15) is 13.2 Å². The first-order valence-corrected chi connectivity index (χ1v) is 8.67. The molecular formula is C14H20N2O5S. The van der Waals surface area contributed by atoms with Crippen LogP contribution in [0.4, 0.5) is 5.69 Å². The highest BCUT2D eigenvalue weighted by atomic mass is 32.2. The molecule has 22 heavy (non-hydrogen) atoms. The van der Waals surface area contributed by atoms with E-state index in [0.29, 0.717) is 5.69 Å². The number of carboxylic acids is 1. The fourth-order valence-corrected chi connectivity index (χ4v) is 3.76. The zero-order valence-electron chi connectivity index (χ0n) is 12.1. The van der Waals surface area contributed by atoms with Gasteiger partial charge in [-0.15, -0.1) is 0 Å². The minimum Gasteiger partial charge on any atom is -0.478 e. The highest BCUT2D eigenvalue weighted by molar-refractivity contribution is 7.89. The SMILES string of the molecule is O=C(O)c1ccc(NC2CCCC2)c(S(=O)(=O)NCCO)c1. The lowest BCUT2D eigenvalue weighted by Gasteiger charge is -2.18. The van der Waals surface area contributed by atoms with Crippen LogP contribution in [0, 0.1) is 0 Å². The van der Waals surface area contributed by atoms with Gasteiger partial charge in [0.1, 0.15) is 4.90 Å². The van der Waals surface area contributed by atoms with Crippen LogP contribution in [0.5, 0.6) is 0 Å². The zero-order chi connectivity index (χ0) is 16.2. The maximum absolute atomic E-state index is 12.3. The zero-order valence-corrected chi connectivity index (χ0v) is 12.9. The van der Waals surface area contributed by atoms with Crippen molar-refractivity contribution < 1.29 is 23.4 Å². The van der Waals surface area contributed by atoms with E-state index in [1.54, 1.807) is 0 Å². The predicted octanol–water partition coefficient (Wildman–Crippen LogP) is 1.01. The van der Waals surface area contributed by atoms with Gasteiger partial charge in [0.05, 0.1) is 17.9 Å². The summed E-state index contributed by atoms with van der Waals surface area (Å²) in [6, 6.07) is 4.20. The van der Waals surface area contributed by atoms with Gasteiger partial charge < -0.3 is 15.5 Å². The number of aliphatic hydroxyl groups excluding tert-OH is 1. The molecule has 0 heterocycles. The van der Waals surface area contributed by atoms with Gasteiger partial charge in [0, 0.05) is 12.6 Å². The van der Waals surface area contributed by atoms with Crippen molar-refractivity contribution in [3.8, 4) is 0 Å². The molecule has 1 aromatic rings. The Morgan fingerprint density at radius 2 is 1.95 bits per heavy atom. The first-order chi connectivity index (χ1) is 10.4. The lowest BCUT2D eigenvalue weighted by molar-refractivity contribution is 0.0696. The summed E-state index contributed by atoms with van der Waals surface area (Å²) in [5.41, 5.74) is 0.295. The van der Waals surface area contributed by atoms with Gasteiger partial charge in [-0.1, -0.05) is 12.8 Å². The molecule has 1 aliphatic carbocycles. The Kier molecular flexibility index (Phi) is 5.38. The molecule has 1 aliphatic rings. The van der Waals surface area contributed by atoms with E-state index in [1.807, 2.05) is 0 Å². The summed E-state index contributed by atoms with van der Waals surface area (Å²) in [6.07, 6.45) is 4.11. The van der Waals surface area contributed by atoms with Crippen LogP contribution in [0.1, 0.15) is 36.0 Å². The van der Waals surface area contributed by atoms with E-state index < -0.39 is 16.0 Å². The van der Waals surface area contributed by atoms with Gasteiger partial charge in [0.25, 0.3) is 0 Å². The average Bonchev–Trinajstić information content (AvgIpc) is 2.98. The molecule has 0 aliphatic heterocycles. The average molecular weight is 328 g/mol. The Morgan fingerprint density at radius 1 is 1.27 bits per heavy atom. The molecule has 0 atom stereocenters. The maximum Gasteiger partial charge on any atom is 0.335 e. The van der Waals surface area contributed by atoms with Crippen molar-refractivity contribution in [2.24, 2.45) is 0 Å². The number of aromatic carboxylic acids is 1. The van der Waals surface area contributed by atoms with Crippen molar-refractivity contribution in [2.45, 2.75) is 36.6 Å². The molecule has 1 saturated carbocycles. The largest absolute Gasteiger partial charge is 0.478 e. The Morgan fingerprint density at radius 3 is 2.55 bits per heavy atom. The molecule has 8 heteroatoms. The van der Waals surface area contributed by atoms with Crippen molar-refractivity contribution in [1.82, 2.24) is 4.72 Å². The molecule has 2 rings (SSSR count). The summed E-state index contributed by atoms with van der Waals surface area (Å²) in [6.45, 7) is -0.453. The third-order valence-electron chi connectivity index (χ3n) is 3.64. The van der Waals surface area contributed by atoms with Gasteiger partial charge in [-0.05, 0) is 31.0 Å². The Balaban J connectivity index is 2.36. The van der Waals surface area contributed by atoms with E-state index in [0.717, 1.165) is 31.7 Å². The van der Waals surface area contributed by atoms with Crippen LogP contribution in [-0.2, 0) is 10.0 Å². The molecule has 0 bridgehead atoms. The molecule has 122 valence electrons. The van der Waals surface area contributed by atoms with Crippen LogP contribution < -0.4 is 10.0 Å². The Labute approximate surface area is 129 Å². The summed E-state index contributed by atoms with van der Waals surface area (Å²) < 4.78 is 26.9. The minimum absolute atomic E-state index is 0.0960. The summed E-state index contributed by atoms with van der Waals surface area (Å²) in [4.78, 5) is 11.0. The summed E-state index contributed by atoms with van der Waals surface area (Å²) in [7, 11) is -3.89. The van der Waals surface area contributed by atoms with Gasteiger partial charge in [-0.2, -0.15) is 0 Å². The second kappa shape index (κ2) is 7.08. The smallest absolute Gasteiger partial charge is 0.335 e. The maximum atomic E-state index is 12.3. The van der Waals surface area contributed by atoms with Crippen molar-refractivity contribution >= 4 is 21.7 Å². The van der Waals surface area contributed by atoms with Crippen LogP contribution >= 0.6 is 0 Å². The van der Waals surface area contributed by atoms with Crippen LogP contribution in [-0.4, -0.2) is 43.8 Å². The first kappa shape index (κ1) is 16.7. The molecular weight excluding hydrogens is 308 g/mol. The van der Waals surface area contributed by atoms with E-state index in [1.165, 1.54) is 12.1 Å².